The monoisotopic (exact) mass is 383 g/mol. The third-order valence-corrected chi connectivity index (χ3v) is 6.05. The molecule has 5 heteroatoms. The number of benzene rings is 2. The Morgan fingerprint density at radius 3 is 2.61 bits per heavy atom. The molecule has 0 saturated carbocycles. The first-order valence-electron chi connectivity index (χ1n) is 7.42. The highest BCUT2D eigenvalue weighted by Crippen LogP contribution is 2.53. The van der Waals surface area contributed by atoms with Gasteiger partial charge >= 0.3 is 0 Å². The Bertz CT molecular complexity index is 815. The fourth-order valence-electron chi connectivity index (χ4n) is 3.69. The highest BCUT2D eigenvalue weighted by molar-refractivity contribution is 6.42. The Hall–Kier alpha value is -0.860. The van der Waals surface area contributed by atoms with Crippen LogP contribution in [0.5, 0.6) is 0 Å². The Kier molecular flexibility index (Phi) is 4.01. The largest absolute Gasteiger partial charge is 0.376 e. The highest BCUT2D eigenvalue weighted by atomic mass is 35.5. The molecule has 0 bridgehead atoms. The molecule has 1 heterocycles. The van der Waals surface area contributed by atoms with Crippen LogP contribution in [-0.4, -0.2) is 0 Å². The van der Waals surface area contributed by atoms with Gasteiger partial charge in [0, 0.05) is 10.9 Å². The number of nitrogens with one attached hydrogen (secondary N) is 1. The zero-order valence-corrected chi connectivity index (χ0v) is 15.0. The molecule has 2 aliphatic rings. The highest BCUT2D eigenvalue weighted by Gasteiger charge is 2.39. The van der Waals surface area contributed by atoms with Crippen molar-refractivity contribution in [1.82, 2.24) is 0 Å². The third kappa shape index (κ3) is 2.55. The summed E-state index contributed by atoms with van der Waals surface area (Å²) in [7, 11) is 0. The van der Waals surface area contributed by atoms with Gasteiger partial charge in [0.25, 0.3) is 0 Å². The van der Waals surface area contributed by atoms with E-state index in [2.05, 4.69) is 17.5 Å². The van der Waals surface area contributed by atoms with Crippen LogP contribution in [0.4, 0.5) is 5.69 Å². The van der Waals surface area contributed by atoms with E-state index in [1.807, 2.05) is 18.2 Å². The van der Waals surface area contributed by atoms with Crippen molar-refractivity contribution in [3.63, 3.8) is 0 Å². The number of anilines is 1. The van der Waals surface area contributed by atoms with Gasteiger partial charge in [-0.05, 0) is 41.7 Å². The molecule has 118 valence electrons. The normalized spacial score (nSPS) is 25.0. The summed E-state index contributed by atoms with van der Waals surface area (Å²) >= 11 is 25.3. The summed E-state index contributed by atoms with van der Waals surface area (Å²) in [4.78, 5) is 0. The van der Waals surface area contributed by atoms with Crippen molar-refractivity contribution in [3.05, 3.63) is 73.7 Å². The lowest BCUT2D eigenvalue weighted by Gasteiger charge is -2.38. The summed E-state index contributed by atoms with van der Waals surface area (Å²) in [6.07, 6.45) is 5.43. The third-order valence-electron chi connectivity index (χ3n) is 4.70. The number of rotatable bonds is 1. The molecule has 0 spiro atoms. The van der Waals surface area contributed by atoms with Gasteiger partial charge in [-0.15, -0.1) is 0 Å². The molecule has 2 aromatic rings. The lowest BCUT2D eigenvalue weighted by Crippen LogP contribution is -2.29. The fourth-order valence-corrected chi connectivity index (χ4v) is 4.68. The summed E-state index contributed by atoms with van der Waals surface area (Å²) < 4.78 is 0. The van der Waals surface area contributed by atoms with E-state index in [1.54, 1.807) is 12.1 Å². The minimum Gasteiger partial charge on any atom is -0.376 e. The standard InChI is InChI=1S/C18H13Cl4N/c19-9-7-13-10-3-1-4-11(10)17(23-18(13)15(21)8-9)12-5-2-6-14(20)16(12)22/h1-3,5-8,10-11,17,23H,4H2/t10-,11-,17+/m1/s1. The van der Waals surface area contributed by atoms with Crippen molar-refractivity contribution in [3.8, 4) is 0 Å². The van der Waals surface area contributed by atoms with Crippen LogP contribution in [0.2, 0.25) is 20.1 Å². The summed E-state index contributed by atoms with van der Waals surface area (Å²) in [6, 6.07) is 9.59. The molecule has 0 fully saturated rings. The van der Waals surface area contributed by atoms with E-state index >= 15 is 0 Å². The van der Waals surface area contributed by atoms with Gasteiger partial charge in [-0.2, -0.15) is 0 Å². The van der Waals surface area contributed by atoms with E-state index < -0.39 is 0 Å². The first kappa shape index (κ1) is 15.7. The van der Waals surface area contributed by atoms with Crippen molar-refractivity contribution in [2.24, 2.45) is 5.92 Å². The van der Waals surface area contributed by atoms with Crippen LogP contribution in [0.1, 0.15) is 29.5 Å². The maximum atomic E-state index is 6.46. The smallest absolute Gasteiger partial charge is 0.0655 e. The molecule has 0 saturated heterocycles. The fraction of sp³-hybridized carbons (Fsp3) is 0.222. The van der Waals surface area contributed by atoms with E-state index in [4.69, 9.17) is 46.4 Å². The summed E-state index contributed by atoms with van der Waals surface area (Å²) in [6.45, 7) is 0. The average molecular weight is 385 g/mol. The molecule has 2 aromatic carbocycles. The number of halogens is 4. The van der Waals surface area contributed by atoms with E-state index in [9.17, 15) is 0 Å². The van der Waals surface area contributed by atoms with Crippen molar-refractivity contribution >= 4 is 52.1 Å². The first-order chi connectivity index (χ1) is 11.1. The van der Waals surface area contributed by atoms with Gasteiger partial charge in [-0.1, -0.05) is 70.7 Å². The average Bonchev–Trinajstić information content (AvgIpc) is 3.00. The lowest BCUT2D eigenvalue weighted by molar-refractivity contribution is 0.426. The van der Waals surface area contributed by atoms with Crippen LogP contribution in [0.3, 0.4) is 0 Å². The van der Waals surface area contributed by atoms with Crippen molar-refractivity contribution in [1.29, 1.82) is 0 Å². The molecule has 0 radical (unpaired) electrons. The van der Waals surface area contributed by atoms with E-state index in [1.165, 1.54) is 0 Å². The molecule has 1 N–H and O–H groups in total. The van der Waals surface area contributed by atoms with Gasteiger partial charge in [0.05, 0.1) is 26.8 Å². The molecule has 0 amide bonds. The van der Waals surface area contributed by atoms with Crippen LogP contribution in [-0.2, 0) is 0 Å². The maximum absolute atomic E-state index is 6.46. The molecule has 23 heavy (non-hydrogen) atoms. The number of allylic oxidation sites excluding steroid dienone is 2. The topological polar surface area (TPSA) is 12.0 Å². The Morgan fingerprint density at radius 1 is 0.957 bits per heavy atom. The molecule has 0 unspecified atom stereocenters. The minimum absolute atomic E-state index is 0.0624. The second-order valence-electron chi connectivity index (χ2n) is 5.97. The summed E-state index contributed by atoms with van der Waals surface area (Å²) in [5.74, 6) is 0.649. The Balaban J connectivity index is 1.86. The minimum atomic E-state index is 0.0624. The molecule has 1 aliphatic heterocycles. The zero-order valence-electron chi connectivity index (χ0n) is 12.0. The van der Waals surface area contributed by atoms with E-state index in [-0.39, 0.29) is 12.0 Å². The van der Waals surface area contributed by atoms with E-state index in [0.717, 1.165) is 23.2 Å². The van der Waals surface area contributed by atoms with Gasteiger partial charge in [0.1, 0.15) is 0 Å². The second kappa shape index (κ2) is 5.89. The van der Waals surface area contributed by atoms with Gasteiger partial charge in [-0.25, -0.2) is 0 Å². The van der Waals surface area contributed by atoms with Crippen LogP contribution >= 0.6 is 46.4 Å². The zero-order chi connectivity index (χ0) is 16.1. The predicted octanol–water partition coefficient (Wildman–Crippen LogP) is 7.13. The van der Waals surface area contributed by atoms with Crippen LogP contribution in [0.25, 0.3) is 0 Å². The first-order valence-corrected chi connectivity index (χ1v) is 8.93. The van der Waals surface area contributed by atoms with Crippen LogP contribution in [0.15, 0.2) is 42.5 Å². The van der Waals surface area contributed by atoms with Crippen LogP contribution < -0.4 is 5.32 Å². The van der Waals surface area contributed by atoms with Crippen molar-refractivity contribution in [2.45, 2.75) is 18.4 Å². The molecule has 4 rings (SSSR count). The van der Waals surface area contributed by atoms with Crippen molar-refractivity contribution in [2.75, 3.05) is 5.32 Å². The SMILES string of the molecule is Clc1cc(Cl)c2c(c1)[C@@H]1C=CC[C@H]1[C@@H](c1cccc(Cl)c1Cl)N2. The molecule has 3 atom stereocenters. The van der Waals surface area contributed by atoms with Gasteiger partial charge < -0.3 is 5.32 Å². The van der Waals surface area contributed by atoms with Crippen LogP contribution in [0, 0.1) is 5.92 Å². The summed E-state index contributed by atoms with van der Waals surface area (Å²) in [5, 5.41) is 6.04. The van der Waals surface area contributed by atoms with Gasteiger partial charge in [-0.3, -0.25) is 0 Å². The van der Waals surface area contributed by atoms with Crippen molar-refractivity contribution < 1.29 is 0 Å². The quantitative estimate of drug-likeness (QED) is 0.515. The number of hydrogen-bond acceptors (Lipinski definition) is 1. The molecular formula is C18H13Cl4N. The molecular weight excluding hydrogens is 372 g/mol. The second-order valence-corrected chi connectivity index (χ2v) is 7.60. The Labute approximate surface area is 155 Å². The molecule has 1 aliphatic carbocycles. The predicted molar refractivity (Wildman–Crippen MR) is 99.3 cm³/mol. The van der Waals surface area contributed by atoms with E-state index in [0.29, 0.717) is 26.0 Å². The number of hydrogen-bond donors (Lipinski definition) is 1. The molecule has 1 nitrogen and oxygen atoms in total. The summed E-state index contributed by atoms with van der Waals surface area (Å²) in [5.41, 5.74) is 3.09. The Morgan fingerprint density at radius 2 is 1.78 bits per heavy atom. The number of fused-ring (bicyclic) bond motifs is 3. The van der Waals surface area contributed by atoms with Gasteiger partial charge in [0.2, 0.25) is 0 Å². The lowest BCUT2D eigenvalue weighted by atomic mass is 9.77. The molecule has 0 aromatic heterocycles. The van der Waals surface area contributed by atoms with Gasteiger partial charge in [0.15, 0.2) is 0 Å². The maximum Gasteiger partial charge on any atom is 0.0655 e.